The molecule has 1 aliphatic rings. The van der Waals surface area contributed by atoms with Gasteiger partial charge in [-0.1, -0.05) is 18.2 Å². The van der Waals surface area contributed by atoms with Gasteiger partial charge in [0.05, 0.1) is 23.9 Å². The van der Waals surface area contributed by atoms with E-state index in [2.05, 4.69) is 16.9 Å². The van der Waals surface area contributed by atoms with Crippen molar-refractivity contribution in [2.24, 2.45) is 0 Å². The summed E-state index contributed by atoms with van der Waals surface area (Å²) in [6.07, 6.45) is 2.02. The molecule has 0 amide bonds. The van der Waals surface area contributed by atoms with E-state index in [-0.39, 0.29) is 12.2 Å². The molecule has 0 radical (unpaired) electrons. The largest absolute Gasteiger partial charge is 0.461 e. The summed E-state index contributed by atoms with van der Waals surface area (Å²) in [5.74, 6) is -0.392. The van der Waals surface area contributed by atoms with Crippen LogP contribution < -0.4 is 0 Å². The molecule has 5 heteroatoms. The number of hydrogen-bond acceptors (Lipinski definition) is 4. The molecular formula is C19H20N2O3. The minimum Gasteiger partial charge on any atom is -0.461 e. The lowest BCUT2D eigenvalue weighted by molar-refractivity contribution is 0.0499. The number of benzene rings is 1. The van der Waals surface area contributed by atoms with Gasteiger partial charge in [-0.05, 0) is 38.8 Å². The van der Waals surface area contributed by atoms with E-state index in [4.69, 9.17) is 9.47 Å². The van der Waals surface area contributed by atoms with Crippen molar-refractivity contribution in [3.05, 3.63) is 41.7 Å². The fourth-order valence-corrected chi connectivity index (χ4v) is 3.42. The van der Waals surface area contributed by atoms with Gasteiger partial charge >= 0.3 is 5.97 Å². The van der Waals surface area contributed by atoms with E-state index in [0.717, 1.165) is 40.3 Å². The van der Waals surface area contributed by atoms with Gasteiger partial charge in [-0.15, -0.1) is 0 Å². The van der Waals surface area contributed by atoms with Crippen molar-refractivity contribution < 1.29 is 14.3 Å². The lowest BCUT2D eigenvalue weighted by atomic mass is 10.1. The Kier molecular flexibility index (Phi) is 3.73. The van der Waals surface area contributed by atoms with E-state index in [0.29, 0.717) is 12.3 Å². The van der Waals surface area contributed by atoms with E-state index in [1.54, 1.807) is 6.92 Å². The molecule has 2 atom stereocenters. The summed E-state index contributed by atoms with van der Waals surface area (Å²) < 4.78 is 11.2. The molecule has 5 nitrogen and oxygen atoms in total. The van der Waals surface area contributed by atoms with Gasteiger partial charge in [-0.2, -0.15) is 0 Å². The Labute approximate surface area is 140 Å². The van der Waals surface area contributed by atoms with Gasteiger partial charge in [0.1, 0.15) is 11.8 Å². The molecule has 1 fully saturated rings. The smallest absolute Gasteiger partial charge is 0.356 e. The predicted molar refractivity (Wildman–Crippen MR) is 92.1 cm³/mol. The number of esters is 1. The molecule has 3 heterocycles. The van der Waals surface area contributed by atoms with Crippen molar-refractivity contribution in [3.8, 4) is 0 Å². The minimum absolute atomic E-state index is 0.0926. The molecule has 4 rings (SSSR count). The Hall–Kier alpha value is -2.40. The van der Waals surface area contributed by atoms with Gasteiger partial charge in [-0.25, -0.2) is 9.78 Å². The zero-order valence-corrected chi connectivity index (χ0v) is 13.8. The highest BCUT2D eigenvalue weighted by Crippen LogP contribution is 2.37. The summed E-state index contributed by atoms with van der Waals surface area (Å²) in [6, 6.07) is 9.87. The number of pyridine rings is 1. The normalized spacial score (nSPS) is 20.8. The molecule has 0 saturated carbocycles. The Morgan fingerprint density at radius 3 is 2.92 bits per heavy atom. The lowest BCUT2D eigenvalue weighted by Gasteiger charge is -2.13. The summed E-state index contributed by atoms with van der Waals surface area (Å²) in [7, 11) is 0. The van der Waals surface area contributed by atoms with Crippen LogP contribution in [-0.2, 0) is 9.47 Å². The van der Waals surface area contributed by atoms with Crippen molar-refractivity contribution >= 4 is 27.8 Å². The van der Waals surface area contributed by atoms with Crippen molar-refractivity contribution in [2.45, 2.75) is 38.9 Å². The van der Waals surface area contributed by atoms with Crippen LogP contribution in [0.2, 0.25) is 0 Å². The third-order valence-electron chi connectivity index (χ3n) is 4.55. The standard InChI is InChI=1S/C19H20N2O3/c1-3-23-19(22)15-10-13-12-6-4-5-7-14(12)20-17(13)18(21-15)16-9-8-11(2)24-16/h4-7,10-11,16,20H,3,8-9H2,1-2H3. The number of H-pyrrole nitrogens is 1. The topological polar surface area (TPSA) is 64.2 Å². The van der Waals surface area contributed by atoms with Gasteiger partial charge in [0.15, 0.2) is 0 Å². The van der Waals surface area contributed by atoms with Gasteiger partial charge in [0, 0.05) is 16.3 Å². The molecule has 1 N–H and O–H groups in total. The molecule has 0 bridgehead atoms. The maximum absolute atomic E-state index is 12.2. The van der Waals surface area contributed by atoms with Gasteiger partial charge < -0.3 is 14.5 Å². The van der Waals surface area contributed by atoms with Gasteiger partial charge in [-0.3, -0.25) is 0 Å². The van der Waals surface area contributed by atoms with Crippen LogP contribution in [0.3, 0.4) is 0 Å². The van der Waals surface area contributed by atoms with Crippen LogP contribution in [0.5, 0.6) is 0 Å². The Balaban J connectivity index is 1.95. The van der Waals surface area contributed by atoms with Crippen molar-refractivity contribution in [2.75, 3.05) is 6.61 Å². The van der Waals surface area contributed by atoms with E-state index < -0.39 is 5.97 Å². The molecule has 0 spiro atoms. The van der Waals surface area contributed by atoms with E-state index in [9.17, 15) is 4.79 Å². The minimum atomic E-state index is -0.392. The van der Waals surface area contributed by atoms with Crippen molar-refractivity contribution in [3.63, 3.8) is 0 Å². The molecule has 3 aromatic rings. The highest BCUT2D eigenvalue weighted by atomic mass is 16.5. The van der Waals surface area contributed by atoms with Crippen molar-refractivity contribution in [1.82, 2.24) is 9.97 Å². The second-order valence-electron chi connectivity index (χ2n) is 6.22. The van der Waals surface area contributed by atoms with Gasteiger partial charge in [0.2, 0.25) is 0 Å². The molecular weight excluding hydrogens is 304 g/mol. The number of aromatic amines is 1. The maximum Gasteiger partial charge on any atom is 0.356 e. The Bertz CT molecular complexity index is 916. The van der Waals surface area contributed by atoms with Crippen LogP contribution in [-0.4, -0.2) is 28.6 Å². The summed E-state index contributed by atoms with van der Waals surface area (Å²) in [4.78, 5) is 20.3. The van der Waals surface area contributed by atoms with Crippen LogP contribution >= 0.6 is 0 Å². The Morgan fingerprint density at radius 2 is 2.17 bits per heavy atom. The number of aromatic nitrogens is 2. The first-order valence-corrected chi connectivity index (χ1v) is 8.41. The fourth-order valence-electron chi connectivity index (χ4n) is 3.42. The number of carbonyl (C=O) groups is 1. The number of ether oxygens (including phenoxy) is 2. The average molecular weight is 324 g/mol. The number of rotatable bonds is 3. The number of hydrogen-bond donors (Lipinski definition) is 1. The second-order valence-corrected chi connectivity index (χ2v) is 6.22. The van der Waals surface area contributed by atoms with Crippen LogP contribution in [0.25, 0.3) is 21.8 Å². The third kappa shape index (κ3) is 2.45. The predicted octanol–water partition coefficient (Wildman–Crippen LogP) is 4.13. The Morgan fingerprint density at radius 1 is 1.33 bits per heavy atom. The average Bonchev–Trinajstić information content (AvgIpc) is 3.17. The van der Waals surface area contributed by atoms with Gasteiger partial charge in [0.25, 0.3) is 0 Å². The summed E-state index contributed by atoms with van der Waals surface area (Å²) in [5, 5.41) is 2.06. The zero-order valence-electron chi connectivity index (χ0n) is 13.8. The summed E-state index contributed by atoms with van der Waals surface area (Å²) >= 11 is 0. The molecule has 1 saturated heterocycles. The van der Waals surface area contributed by atoms with Crippen LogP contribution in [0, 0.1) is 0 Å². The van der Waals surface area contributed by atoms with Crippen molar-refractivity contribution in [1.29, 1.82) is 0 Å². The number of carbonyl (C=O) groups excluding carboxylic acids is 1. The first kappa shape index (κ1) is 15.1. The molecule has 1 aromatic carbocycles. The third-order valence-corrected chi connectivity index (χ3v) is 4.55. The number of nitrogens with one attached hydrogen (secondary N) is 1. The number of fused-ring (bicyclic) bond motifs is 3. The van der Waals surface area contributed by atoms with E-state index >= 15 is 0 Å². The number of nitrogens with zero attached hydrogens (tertiary/aromatic N) is 1. The van der Waals surface area contributed by atoms with Crippen LogP contribution in [0.4, 0.5) is 0 Å². The maximum atomic E-state index is 12.2. The lowest BCUT2D eigenvalue weighted by Crippen LogP contribution is -2.11. The summed E-state index contributed by atoms with van der Waals surface area (Å²) in [5.41, 5.74) is 3.12. The van der Waals surface area contributed by atoms with Crippen LogP contribution in [0.1, 0.15) is 49.0 Å². The molecule has 24 heavy (non-hydrogen) atoms. The first-order chi connectivity index (χ1) is 11.7. The number of para-hydroxylation sites is 1. The molecule has 1 aliphatic heterocycles. The second kappa shape index (κ2) is 5.91. The SMILES string of the molecule is CCOC(=O)c1cc2c([nH]c3ccccc32)c(C2CCC(C)O2)n1. The molecule has 124 valence electrons. The molecule has 2 unspecified atom stereocenters. The molecule has 2 aromatic heterocycles. The van der Waals surface area contributed by atoms with E-state index in [1.165, 1.54) is 0 Å². The molecule has 0 aliphatic carbocycles. The monoisotopic (exact) mass is 324 g/mol. The van der Waals surface area contributed by atoms with Crippen LogP contribution in [0.15, 0.2) is 30.3 Å². The first-order valence-electron chi connectivity index (χ1n) is 8.41. The van der Waals surface area contributed by atoms with E-state index in [1.807, 2.05) is 30.3 Å². The zero-order chi connectivity index (χ0) is 16.7. The highest BCUT2D eigenvalue weighted by molar-refractivity contribution is 6.09. The highest BCUT2D eigenvalue weighted by Gasteiger charge is 2.28. The fraction of sp³-hybridized carbons (Fsp3) is 0.368. The quantitative estimate of drug-likeness (QED) is 0.736. The summed E-state index contributed by atoms with van der Waals surface area (Å²) in [6.45, 7) is 4.20.